The number of hydrogen-bond donors (Lipinski definition) is 1. The molecular weight excluding hydrogens is 374 g/mol. The van der Waals surface area contributed by atoms with E-state index in [1.165, 1.54) is 23.9 Å². The van der Waals surface area contributed by atoms with Crippen LogP contribution in [-0.2, 0) is 17.4 Å². The predicted octanol–water partition coefficient (Wildman–Crippen LogP) is 1.89. The van der Waals surface area contributed by atoms with Gasteiger partial charge < -0.3 is 9.84 Å². The van der Waals surface area contributed by atoms with Crippen molar-refractivity contribution in [3.05, 3.63) is 77.0 Å². The number of fused-ring (bicyclic) bond motifs is 1. The van der Waals surface area contributed by atoms with E-state index in [4.69, 9.17) is 4.74 Å². The second-order valence-electron chi connectivity index (χ2n) is 6.65. The van der Waals surface area contributed by atoms with Gasteiger partial charge in [0, 0.05) is 36.5 Å². The van der Waals surface area contributed by atoms with E-state index in [1.807, 2.05) is 6.07 Å². The highest BCUT2D eigenvalue weighted by atomic mass is 16.5. The predicted molar refractivity (Wildman–Crippen MR) is 104 cm³/mol. The fourth-order valence-electron chi connectivity index (χ4n) is 2.92. The van der Waals surface area contributed by atoms with Gasteiger partial charge in [-0.3, -0.25) is 14.5 Å². The van der Waals surface area contributed by atoms with Crippen molar-refractivity contribution in [2.24, 2.45) is 7.05 Å². The molecule has 0 fully saturated rings. The zero-order chi connectivity index (χ0) is 20.6. The lowest BCUT2D eigenvalue weighted by atomic mass is 9.94. The van der Waals surface area contributed by atoms with Gasteiger partial charge in [-0.15, -0.1) is 5.10 Å². The zero-order valence-corrected chi connectivity index (χ0v) is 15.7. The lowest BCUT2D eigenvalue weighted by Crippen LogP contribution is -2.40. The smallest absolute Gasteiger partial charge is 0.352 e. The van der Waals surface area contributed by atoms with Crippen molar-refractivity contribution in [3.63, 3.8) is 0 Å². The first-order chi connectivity index (χ1) is 13.9. The molecule has 0 bridgehead atoms. The highest BCUT2D eigenvalue weighted by molar-refractivity contribution is 5.84. The van der Waals surface area contributed by atoms with Crippen molar-refractivity contribution in [2.75, 3.05) is 0 Å². The minimum atomic E-state index is -1.83. The summed E-state index contributed by atoms with van der Waals surface area (Å²) in [5.41, 5.74) is -0.667. The molecule has 0 aliphatic carbocycles. The molecule has 4 aromatic rings. The van der Waals surface area contributed by atoms with Crippen LogP contribution in [0, 0.1) is 0 Å². The van der Waals surface area contributed by atoms with Gasteiger partial charge in [0.1, 0.15) is 5.69 Å². The van der Waals surface area contributed by atoms with Gasteiger partial charge in [-0.1, -0.05) is 12.1 Å². The molecule has 1 atom stereocenters. The Labute approximate surface area is 164 Å². The minimum absolute atomic E-state index is 0.326. The molecule has 0 aliphatic rings. The Balaban J connectivity index is 1.78. The molecule has 3 aromatic heterocycles. The van der Waals surface area contributed by atoms with Gasteiger partial charge in [0.15, 0.2) is 0 Å². The van der Waals surface area contributed by atoms with E-state index in [2.05, 4.69) is 15.2 Å². The average molecular weight is 391 g/mol. The maximum atomic E-state index is 12.3. The Hall–Kier alpha value is -4.01. The summed E-state index contributed by atoms with van der Waals surface area (Å²) < 4.78 is 8.69. The van der Waals surface area contributed by atoms with Crippen molar-refractivity contribution in [1.82, 2.24) is 24.5 Å². The SMILES string of the molecule is Cn1cc(-n2ccc(=O)c(OC(C)(C(=O)O)c3ccc4ncccc4c3)n2)cn1. The van der Waals surface area contributed by atoms with E-state index in [9.17, 15) is 14.7 Å². The highest BCUT2D eigenvalue weighted by Crippen LogP contribution is 2.28. The Morgan fingerprint density at radius 2 is 2.07 bits per heavy atom. The van der Waals surface area contributed by atoms with Gasteiger partial charge in [0.2, 0.25) is 11.0 Å². The molecule has 9 nitrogen and oxygen atoms in total. The number of aliphatic carboxylic acids is 1. The van der Waals surface area contributed by atoms with Crippen LogP contribution >= 0.6 is 0 Å². The first kappa shape index (κ1) is 18.4. The number of benzene rings is 1. The Morgan fingerprint density at radius 1 is 1.24 bits per heavy atom. The van der Waals surface area contributed by atoms with Crippen molar-refractivity contribution < 1.29 is 14.6 Å². The van der Waals surface area contributed by atoms with Crippen LogP contribution in [0.1, 0.15) is 12.5 Å². The van der Waals surface area contributed by atoms with Crippen LogP contribution in [0.5, 0.6) is 5.88 Å². The van der Waals surface area contributed by atoms with Crippen LogP contribution < -0.4 is 10.2 Å². The van der Waals surface area contributed by atoms with Gasteiger partial charge in [-0.25, -0.2) is 9.48 Å². The van der Waals surface area contributed by atoms with E-state index in [1.54, 1.807) is 54.6 Å². The molecule has 3 heterocycles. The largest absolute Gasteiger partial charge is 0.478 e. The molecule has 29 heavy (non-hydrogen) atoms. The summed E-state index contributed by atoms with van der Waals surface area (Å²) in [4.78, 5) is 28.7. The number of aryl methyl sites for hydroxylation is 1. The maximum absolute atomic E-state index is 12.3. The van der Waals surface area contributed by atoms with Crippen LogP contribution in [0.25, 0.3) is 16.6 Å². The molecule has 4 rings (SSSR count). The third kappa shape index (κ3) is 3.33. The van der Waals surface area contributed by atoms with Gasteiger partial charge in [0.05, 0.1) is 17.9 Å². The lowest BCUT2D eigenvalue weighted by molar-refractivity contribution is -0.155. The number of aromatic nitrogens is 5. The quantitative estimate of drug-likeness (QED) is 0.553. The molecule has 9 heteroatoms. The van der Waals surface area contributed by atoms with Crippen LogP contribution in [0.15, 0.2) is 66.0 Å². The second kappa shape index (κ2) is 6.86. The van der Waals surface area contributed by atoms with Crippen molar-refractivity contribution in [1.29, 1.82) is 0 Å². The third-order valence-corrected chi connectivity index (χ3v) is 4.60. The highest BCUT2D eigenvalue weighted by Gasteiger charge is 2.39. The van der Waals surface area contributed by atoms with E-state index >= 15 is 0 Å². The van der Waals surface area contributed by atoms with Gasteiger partial charge in [0.25, 0.3) is 5.88 Å². The number of rotatable bonds is 5. The molecule has 1 N–H and O–H groups in total. The molecule has 1 unspecified atom stereocenters. The number of nitrogens with zero attached hydrogens (tertiary/aromatic N) is 5. The number of pyridine rings is 1. The lowest BCUT2D eigenvalue weighted by Gasteiger charge is -2.26. The summed E-state index contributed by atoms with van der Waals surface area (Å²) in [7, 11) is 1.75. The first-order valence-corrected chi connectivity index (χ1v) is 8.73. The average Bonchev–Trinajstić information content (AvgIpc) is 3.15. The zero-order valence-electron chi connectivity index (χ0n) is 15.7. The number of carbonyl (C=O) groups is 1. The summed E-state index contributed by atoms with van der Waals surface area (Å²) >= 11 is 0. The van der Waals surface area contributed by atoms with Crippen LogP contribution in [0.3, 0.4) is 0 Å². The molecule has 1 aromatic carbocycles. The fourth-order valence-corrected chi connectivity index (χ4v) is 2.92. The monoisotopic (exact) mass is 391 g/mol. The molecule has 0 saturated heterocycles. The molecular formula is C20H17N5O4. The van der Waals surface area contributed by atoms with Crippen LogP contribution in [-0.4, -0.2) is 35.6 Å². The number of hydrogen-bond acceptors (Lipinski definition) is 6. The van der Waals surface area contributed by atoms with Crippen molar-refractivity contribution in [3.8, 4) is 11.6 Å². The van der Waals surface area contributed by atoms with Crippen LogP contribution in [0.2, 0.25) is 0 Å². The van der Waals surface area contributed by atoms with Crippen LogP contribution in [0.4, 0.5) is 0 Å². The first-order valence-electron chi connectivity index (χ1n) is 8.73. The molecule has 0 aliphatic heterocycles. The third-order valence-electron chi connectivity index (χ3n) is 4.60. The summed E-state index contributed by atoms with van der Waals surface area (Å²) in [5.74, 6) is -1.58. The van der Waals surface area contributed by atoms with Gasteiger partial charge in [-0.05, 0) is 25.1 Å². The molecule has 0 amide bonds. The van der Waals surface area contributed by atoms with Crippen molar-refractivity contribution in [2.45, 2.75) is 12.5 Å². The number of carboxylic acid groups (broad SMARTS) is 1. The fraction of sp³-hybridized carbons (Fsp3) is 0.150. The van der Waals surface area contributed by atoms with Crippen molar-refractivity contribution >= 4 is 16.9 Å². The van der Waals surface area contributed by atoms with Gasteiger partial charge in [-0.2, -0.15) is 5.10 Å². The number of ether oxygens (including phenoxy) is 1. The number of carboxylic acids is 1. The molecule has 0 saturated carbocycles. The molecule has 0 spiro atoms. The van der Waals surface area contributed by atoms with Gasteiger partial charge >= 0.3 is 5.97 Å². The molecule has 0 radical (unpaired) electrons. The van der Waals surface area contributed by atoms with E-state index in [0.29, 0.717) is 11.3 Å². The Kier molecular flexibility index (Phi) is 4.34. The van der Waals surface area contributed by atoms with E-state index in [0.717, 1.165) is 10.9 Å². The Morgan fingerprint density at radius 3 is 2.79 bits per heavy atom. The van der Waals surface area contributed by atoms with E-state index < -0.39 is 17.0 Å². The summed E-state index contributed by atoms with van der Waals surface area (Å²) in [6.45, 7) is 1.38. The minimum Gasteiger partial charge on any atom is -0.478 e. The summed E-state index contributed by atoms with van der Waals surface area (Å²) in [5, 5.41) is 18.9. The topological polar surface area (TPSA) is 112 Å². The standard InChI is InChI=1S/C20H17N5O4/c1-20(19(27)28,14-5-6-16-13(10-14)4-3-8-21-16)29-18-17(26)7-9-25(23-18)15-11-22-24(2)12-15/h3-12H,1-2H3,(H,27,28). The maximum Gasteiger partial charge on any atom is 0.352 e. The second-order valence-corrected chi connectivity index (χ2v) is 6.65. The van der Waals surface area contributed by atoms with E-state index in [-0.39, 0.29) is 5.88 Å². The Bertz CT molecular complexity index is 1280. The summed E-state index contributed by atoms with van der Waals surface area (Å²) in [6, 6.07) is 9.86. The molecule has 146 valence electrons. The normalized spacial score (nSPS) is 13.2. The summed E-state index contributed by atoms with van der Waals surface area (Å²) in [6.07, 6.45) is 6.39.